The van der Waals surface area contributed by atoms with Crippen LogP contribution in [-0.2, 0) is 4.74 Å². The van der Waals surface area contributed by atoms with E-state index in [0.29, 0.717) is 5.41 Å². The second kappa shape index (κ2) is 8.50. The van der Waals surface area contributed by atoms with Gasteiger partial charge in [0.1, 0.15) is 0 Å². The van der Waals surface area contributed by atoms with Crippen LogP contribution in [0.2, 0.25) is 0 Å². The summed E-state index contributed by atoms with van der Waals surface area (Å²) < 4.78 is 5.61. The molecular weight excluding hydrogens is 260 g/mol. The number of rotatable bonds is 8. The molecule has 1 aliphatic heterocycles. The van der Waals surface area contributed by atoms with Gasteiger partial charge in [-0.3, -0.25) is 0 Å². The Balaban J connectivity index is 2.46. The maximum absolute atomic E-state index is 5.61. The Kier molecular flexibility index (Phi) is 7.66. The van der Waals surface area contributed by atoms with Crippen LogP contribution in [0.1, 0.15) is 60.3 Å². The molecule has 0 radical (unpaired) electrons. The first kappa shape index (κ1) is 18.9. The van der Waals surface area contributed by atoms with Crippen molar-refractivity contribution in [3.8, 4) is 0 Å². The smallest absolute Gasteiger partial charge is 0.0506 e. The van der Waals surface area contributed by atoms with E-state index in [1.807, 2.05) is 0 Å². The zero-order valence-corrected chi connectivity index (χ0v) is 15.3. The minimum Gasteiger partial charge on any atom is -0.381 e. The molecule has 2 unspecified atom stereocenters. The van der Waals surface area contributed by atoms with Crippen LogP contribution >= 0.6 is 0 Å². The van der Waals surface area contributed by atoms with Gasteiger partial charge in [0.05, 0.1) is 6.61 Å². The molecule has 126 valence electrons. The maximum atomic E-state index is 5.61. The van der Waals surface area contributed by atoms with Crippen LogP contribution in [0.5, 0.6) is 0 Å². The van der Waals surface area contributed by atoms with Crippen LogP contribution in [0.4, 0.5) is 0 Å². The van der Waals surface area contributed by atoms with Crippen molar-refractivity contribution < 1.29 is 4.74 Å². The zero-order valence-electron chi connectivity index (χ0n) is 15.3. The largest absolute Gasteiger partial charge is 0.381 e. The van der Waals surface area contributed by atoms with Crippen molar-refractivity contribution in [2.45, 2.75) is 65.8 Å². The summed E-state index contributed by atoms with van der Waals surface area (Å²) in [6.45, 7) is 16.8. The average molecular weight is 299 g/mol. The van der Waals surface area contributed by atoms with E-state index in [2.05, 4.69) is 51.9 Å². The molecule has 0 bridgehead atoms. The molecule has 0 amide bonds. The van der Waals surface area contributed by atoms with Crippen molar-refractivity contribution in [1.29, 1.82) is 0 Å². The molecule has 1 aliphatic rings. The highest BCUT2D eigenvalue weighted by atomic mass is 16.5. The van der Waals surface area contributed by atoms with E-state index in [0.717, 1.165) is 25.7 Å². The number of nitrogens with one attached hydrogen (secondary N) is 1. The van der Waals surface area contributed by atoms with Gasteiger partial charge in [-0.2, -0.15) is 0 Å². The van der Waals surface area contributed by atoms with E-state index in [4.69, 9.17) is 4.74 Å². The standard InChI is InChI=1S/C18H38N2O/c1-7-10-18(5,14-19-17(2,3)4)15-20(6)12-16-9-8-11-21-13-16/h16,19H,7-15H2,1-6H3. The van der Waals surface area contributed by atoms with Crippen LogP contribution in [0, 0.1) is 11.3 Å². The van der Waals surface area contributed by atoms with E-state index >= 15 is 0 Å². The summed E-state index contributed by atoms with van der Waals surface area (Å²) in [4.78, 5) is 2.53. The Labute approximate surface area is 132 Å². The molecule has 1 rings (SSSR count). The van der Waals surface area contributed by atoms with Crippen molar-refractivity contribution in [2.75, 3.05) is 39.9 Å². The third-order valence-corrected chi connectivity index (χ3v) is 4.38. The van der Waals surface area contributed by atoms with Crippen LogP contribution < -0.4 is 5.32 Å². The highest BCUT2D eigenvalue weighted by Gasteiger charge is 2.28. The lowest BCUT2D eigenvalue weighted by Gasteiger charge is -2.38. The van der Waals surface area contributed by atoms with Gasteiger partial charge >= 0.3 is 0 Å². The highest BCUT2D eigenvalue weighted by Crippen LogP contribution is 2.25. The lowest BCUT2D eigenvalue weighted by molar-refractivity contribution is 0.0353. The molecule has 0 aromatic carbocycles. The molecule has 1 fully saturated rings. The third-order valence-electron chi connectivity index (χ3n) is 4.38. The van der Waals surface area contributed by atoms with Crippen molar-refractivity contribution in [3.63, 3.8) is 0 Å². The summed E-state index contributed by atoms with van der Waals surface area (Å²) in [5.41, 5.74) is 0.553. The number of ether oxygens (including phenoxy) is 1. The van der Waals surface area contributed by atoms with Gasteiger partial charge in [0.2, 0.25) is 0 Å². The van der Waals surface area contributed by atoms with Gasteiger partial charge in [0.15, 0.2) is 0 Å². The van der Waals surface area contributed by atoms with Crippen molar-refractivity contribution in [1.82, 2.24) is 10.2 Å². The Morgan fingerprint density at radius 2 is 1.95 bits per heavy atom. The van der Waals surface area contributed by atoms with Gasteiger partial charge < -0.3 is 15.0 Å². The maximum Gasteiger partial charge on any atom is 0.0506 e. The van der Waals surface area contributed by atoms with Gasteiger partial charge in [-0.15, -0.1) is 0 Å². The Morgan fingerprint density at radius 1 is 1.24 bits per heavy atom. The monoisotopic (exact) mass is 298 g/mol. The molecule has 3 heteroatoms. The number of hydrogen-bond donors (Lipinski definition) is 1. The molecule has 0 saturated carbocycles. The Hall–Kier alpha value is -0.120. The average Bonchev–Trinajstić information content (AvgIpc) is 2.37. The van der Waals surface area contributed by atoms with Crippen molar-refractivity contribution >= 4 is 0 Å². The first-order chi connectivity index (χ1) is 9.74. The normalized spacial score (nSPS) is 23.3. The van der Waals surface area contributed by atoms with Crippen LogP contribution in [0.15, 0.2) is 0 Å². The second-order valence-corrected chi connectivity index (χ2v) is 8.44. The fraction of sp³-hybridized carbons (Fsp3) is 1.00. The second-order valence-electron chi connectivity index (χ2n) is 8.44. The number of nitrogens with zero attached hydrogens (tertiary/aromatic N) is 1. The Morgan fingerprint density at radius 3 is 2.48 bits per heavy atom. The van der Waals surface area contributed by atoms with Gasteiger partial charge in [0, 0.05) is 31.8 Å². The topological polar surface area (TPSA) is 24.5 Å². The van der Waals surface area contributed by atoms with Gasteiger partial charge in [-0.25, -0.2) is 0 Å². The molecular formula is C18H38N2O. The molecule has 0 aromatic rings. The van der Waals surface area contributed by atoms with Crippen LogP contribution in [0.3, 0.4) is 0 Å². The van der Waals surface area contributed by atoms with E-state index in [1.165, 1.54) is 38.8 Å². The van der Waals surface area contributed by atoms with E-state index in [-0.39, 0.29) is 5.54 Å². The zero-order chi connectivity index (χ0) is 15.9. The summed E-state index contributed by atoms with van der Waals surface area (Å²) in [6, 6.07) is 0. The molecule has 1 N–H and O–H groups in total. The highest BCUT2D eigenvalue weighted by molar-refractivity contribution is 4.84. The minimum atomic E-state index is 0.199. The van der Waals surface area contributed by atoms with E-state index in [9.17, 15) is 0 Å². The summed E-state index contributed by atoms with van der Waals surface area (Å²) >= 11 is 0. The summed E-state index contributed by atoms with van der Waals surface area (Å²) in [6.07, 6.45) is 5.09. The summed E-state index contributed by atoms with van der Waals surface area (Å²) in [5, 5.41) is 3.70. The van der Waals surface area contributed by atoms with Crippen LogP contribution in [-0.4, -0.2) is 50.3 Å². The van der Waals surface area contributed by atoms with Crippen LogP contribution in [0.25, 0.3) is 0 Å². The molecule has 1 heterocycles. The molecule has 2 atom stereocenters. The fourth-order valence-corrected chi connectivity index (χ4v) is 3.41. The molecule has 21 heavy (non-hydrogen) atoms. The molecule has 0 aliphatic carbocycles. The quantitative estimate of drug-likeness (QED) is 0.742. The first-order valence-electron chi connectivity index (χ1n) is 8.75. The molecule has 0 aromatic heterocycles. The predicted molar refractivity (Wildman–Crippen MR) is 91.8 cm³/mol. The summed E-state index contributed by atoms with van der Waals surface area (Å²) in [5.74, 6) is 0.727. The summed E-state index contributed by atoms with van der Waals surface area (Å²) in [7, 11) is 2.28. The molecule has 1 saturated heterocycles. The SMILES string of the molecule is CCCC(C)(CNC(C)(C)C)CN(C)CC1CCCOC1. The van der Waals surface area contributed by atoms with Gasteiger partial charge in [0.25, 0.3) is 0 Å². The number of hydrogen-bond acceptors (Lipinski definition) is 3. The lowest BCUT2D eigenvalue weighted by atomic mass is 9.83. The molecule has 0 spiro atoms. The Bertz CT molecular complexity index is 281. The van der Waals surface area contributed by atoms with Crippen molar-refractivity contribution in [3.05, 3.63) is 0 Å². The lowest BCUT2D eigenvalue weighted by Crippen LogP contribution is -2.47. The van der Waals surface area contributed by atoms with Crippen molar-refractivity contribution in [2.24, 2.45) is 11.3 Å². The minimum absolute atomic E-state index is 0.199. The van der Waals surface area contributed by atoms with Gasteiger partial charge in [-0.05, 0) is 58.4 Å². The first-order valence-corrected chi connectivity index (χ1v) is 8.75. The molecule has 3 nitrogen and oxygen atoms in total. The van der Waals surface area contributed by atoms with E-state index in [1.54, 1.807) is 0 Å². The predicted octanol–water partition coefficient (Wildman–Crippen LogP) is 3.54. The third kappa shape index (κ3) is 8.18. The van der Waals surface area contributed by atoms with Gasteiger partial charge in [-0.1, -0.05) is 20.3 Å². The fourth-order valence-electron chi connectivity index (χ4n) is 3.41. The van der Waals surface area contributed by atoms with E-state index < -0.39 is 0 Å².